The molecule has 2 atom stereocenters. The zero-order chi connectivity index (χ0) is 16.0. The summed E-state index contributed by atoms with van der Waals surface area (Å²) in [4.78, 5) is 33.6. The van der Waals surface area contributed by atoms with Gasteiger partial charge in [0, 0.05) is 12.7 Å². The highest BCUT2D eigenvalue weighted by molar-refractivity contribution is 8.00. The van der Waals surface area contributed by atoms with Crippen molar-refractivity contribution in [3.05, 3.63) is 0 Å². The summed E-state index contributed by atoms with van der Waals surface area (Å²) in [6.07, 6.45) is 1.86. The lowest BCUT2D eigenvalue weighted by atomic mass is 9.98. The number of nitriles is 1. The summed E-state index contributed by atoms with van der Waals surface area (Å²) >= 11 is 1.11. The fourth-order valence-corrected chi connectivity index (χ4v) is 2.73. The highest BCUT2D eigenvalue weighted by Gasteiger charge is 2.42. The Morgan fingerprint density at radius 2 is 2.10 bits per heavy atom. The van der Waals surface area contributed by atoms with Gasteiger partial charge in [0.2, 0.25) is 11.8 Å². The van der Waals surface area contributed by atoms with Gasteiger partial charge in [0.25, 0.3) is 0 Å². The first kappa shape index (κ1) is 17.3. The normalized spacial score (nSPS) is 18.0. The first-order chi connectivity index (χ1) is 9.78. The fraction of sp³-hybridized carbons (Fsp3) is 0.692. The van der Waals surface area contributed by atoms with Crippen molar-refractivity contribution in [2.75, 3.05) is 11.5 Å². The number of carboxylic acids is 1. The molecule has 0 heterocycles. The van der Waals surface area contributed by atoms with E-state index in [-0.39, 0.29) is 23.3 Å². The largest absolute Gasteiger partial charge is 0.480 e. The Kier molecular flexibility index (Phi) is 6.03. The Morgan fingerprint density at radius 1 is 1.48 bits per heavy atom. The molecule has 7 nitrogen and oxygen atoms in total. The number of hydrogen-bond donors (Lipinski definition) is 3. The van der Waals surface area contributed by atoms with Crippen LogP contribution < -0.4 is 10.6 Å². The second-order valence-electron chi connectivity index (χ2n) is 5.24. The van der Waals surface area contributed by atoms with Gasteiger partial charge < -0.3 is 15.7 Å². The summed E-state index contributed by atoms with van der Waals surface area (Å²) < 4.78 is 0. The number of rotatable bonds is 8. The highest BCUT2D eigenvalue weighted by Crippen LogP contribution is 2.39. The lowest BCUT2D eigenvalue weighted by Gasteiger charge is -2.22. The maximum atomic E-state index is 11.8. The number of nitrogens with one attached hydrogen (secondary N) is 2. The Labute approximate surface area is 127 Å². The van der Waals surface area contributed by atoms with Crippen molar-refractivity contribution in [1.82, 2.24) is 10.6 Å². The molecule has 1 saturated carbocycles. The van der Waals surface area contributed by atoms with Crippen molar-refractivity contribution in [2.45, 2.75) is 38.3 Å². The van der Waals surface area contributed by atoms with Crippen LogP contribution >= 0.6 is 11.8 Å². The van der Waals surface area contributed by atoms with E-state index in [1.54, 1.807) is 6.92 Å². The number of carboxylic acid groups (broad SMARTS) is 1. The zero-order valence-electron chi connectivity index (χ0n) is 12.0. The van der Waals surface area contributed by atoms with E-state index in [1.165, 1.54) is 6.92 Å². The molecule has 0 aromatic heterocycles. The molecule has 1 rings (SSSR count). The van der Waals surface area contributed by atoms with Crippen molar-refractivity contribution in [3.8, 4) is 6.07 Å². The van der Waals surface area contributed by atoms with Crippen LogP contribution in [0.3, 0.4) is 0 Å². The van der Waals surface area contributed by atoms with Crippen molar-refractivity contribution < 1.29 is 19.5 Å². The molecule has 1 unspecified atom stereocenters. The lowest BCUT2D eigenvalue weighted by Crippen LogP contribution is -2.47. The third-order valence-electron chi connectivity index (χ3n) is 3.22. The summed E-state index contributed by atoms with van der Waals surface area (Å²) in [5.74, 6) is -1.54. The molecule has 0 radical (unpaired) electrons. The Bertz CT molecular complexity index is 473. The number of amides is 2. The second-order valence-corrected chi connectivity index (χ2v) is 6.27. The molecular weight excluding hydrogens is 294 g/mol. The number of carbonyl (C=O) groups is 3. The van der Waals surface area contributed by atoms with E-state index >= 15 is 0 Å². The van der Waals surface area contributed by atoms with Gasteiger partial charge in [0.05, 0.1) is 11.8 Å². The number of nitrogens with zero attached hydrogens (tertiary/aromatic N) is 1. The predicted octanol–water partition coefficient (Wildman–Crippen LogP) is 0.117. The second kappa shape index (κ2) is 7.31. The molecule has 0 saturated heterocycles. The number of aliphatic carboxylic acids is 1. The van der Waals surface area contributed by atoms with Crippen LogP contribution in [0.15, 0.2) is 0 Å². The van der Waals surface area contributed by atoms with Crippen molar-refractivity contribution >= 4 is 29.5 Å². The average Bonchev–Trinajstić information content (AvgIpc) is 3.21. The molecule has 21 heavy (non-hydrogen) atoms. The highest BCUT2D eigenvalue weighted by atomic mass is 32.2. The van der Waals surface area contributed by atoms with Gasteiger partial charge in [0.15, 0.2) is 0 Å². The summed E-state index contributed by atoms with van der Waals surface area (Å²) in [7, 11) is 0. The molecule has 1 aliphatic carbocycles. The molecule has 0 aromatic carbocycles. The molecule has 1 fully saturated rings. The summed E-state index contributed by atoms with van der Waals surface area (Å²) in [6, 6.07) is 1.10. The van der Waals surface area contributed by atoms with E-state index in [0.29, 0.717) is 0 Å². The van der Waals surface area contributed by atoms with Gasteiger partial charge in [0.1, 0.15) is 11.6 Å². The van der Waals surface area contributed by atoms with Crippen LogP contribution in [-0.2, 0) is 14.4 Å². The van der Waals surface area contributed by atoms with Crippen LogP contribution in [-0.4, -0.2) is 46.0 Å². The zero-order valence-corrected chi connectivity index (χ0v) is 12.8. The molecule has 0 aromatic rings. The van der Waals surface area contributed by atoms with Gasteiger partial charge in [-0.1, -0.05) is 0 Å². The van der Waals surface area contributed by atoms with E-state index < -0.39 is 23.5 Å². The third-order valence-corrected chi connectivity index (χ3v) is 4.25. The van der Waals surface area contributed by atoms with Gasteiger partial charge >= 0.3 is 5.97 Å². The lowest BCUT2D eigenvalue weighted by molar-refractivity contribution is -0.140. The minimum Gasteiger partial charge on any atom is -0.480 e. The molecule has 8 heteroatoms. The maximum Gasteiger partial charge on any atom is 0.327 e. The van der Waals surface area contributed by atoms with Gasteiger partial charge in [-0.2, -0.15) is 5.26 Å². The summed E-state index contributed by atoms with van der Waals surface area (Å²) in [6.45, 7) is 2.94. The SMILES string of the molecule is CC(=O)N[C@@H](CSCC(=O)NC(C)(C#N)C1CC1)C(=O)O. The quantitative estimate of drug-likeness (QED) is 0.585. The van der Waals surface area contributed by atoms with Crippen LogP contribution in [0.2, 0.25) is 0 Å². The van der Waals surface area contributed by atoms with Crippen LogP contribution in [0.5, 0.6) is 0 Å². The van der Waals surface area contributed by atoms with Crippen molar-refractivity contribution in [2.24, 2.45) is 5.92 Å². The van der Waals surface area contributed by atoms with Gasteiger partial charge in [-0.25, -0.2) is 4.79 Å². The average molecular weight is 313 g/mol. The standard InChI is InChI=1S/C13H19N3O4S/c1-8(17)15-10(12(19)20)5-21-6-11(18)16-13(2,7-14)9-3-4-9/h9-10H,3-6H2,1-2H3,(H,15,17)(H,16,18)(H,19,20)/t10-,13?/m0/s1. The molecule has 116 valence electrons. The Hall–Kier alpha value is -1.75. The molecule has 0 spiro atoms. The first-order valence-corrected chi connectivity index (χ1v) is 7.74. The monoisotopic (exact) mass is 313 g/mol. The van der Waals surface area contributed by atoms with Gasteiger partial charge in [-0.15, -0.1) is 11.8 Å². The Balaban J connectivity index is 2.37. The number of thioether (sulfide) groups is 1. The minimum absolute atomic E-state index is 0.0490. The first-order valence-electron chi connectivity index (χ1n) is 6.58. The van der Waals surface area contributed by atoms with Crippen LogP contribution in [0.1, 0.15) is 26.7 Å². The third kappa shape index (κ3) is 5.63. The van der Waals surface area contributed by atoms with Crippen LogP contribution in [0, 0.1) is 17.2 Å². The summed E-state index contributed by atoms with van der Waals surface area (Å²) in [5.41, 5.74) is -0.846. The number of carbonyl (C=O) groups excluding carboxylic acids is 2. The summed E-state index contributed by atoms with van der Waals surface area (Å²) in [5, 5.41) is 23.0. The predicted molar refractivity (Wildman–Crippen MR) is 77.5 cm³/mol. The van der Waals surface area contributed by atoms with E-state index in [0.717, 1.165) is 24.6 Å². The molecule has 2 amide bonds. The van der Waals surface area contributed by atoms with E-state index in [2.05, 4.69) is 16.7 Å². The fourth-order valence-electron chi connectivity index (χ4n) is 1.90. The van der Waals surface area contributed by atoms with E-state index in [4.69, 9.17) is 10.4 Å². The van der Waals surface area contributed by atoms with E-state index in [9.17, 15) is 14.4 Å². The van der Waals surface area contributed by atoms with Gasteiger partial charge in [-0.3, -0.25) is 9.59 Å². The van der Waals surface area contributed by atoms with Crippen molar-refractivity contribution in [3.63, 3.8) is 0 Å². The van der Waals surface area contributed by atoms with Crippen molar-refractivity contribution in [1.29, 1.82) is 5.26 Å². The van der Waals surface area contributed by atoms with Gasteiger partial charge in [-0.05, 0) is 25.7 Å². The van der Waals surface area contributed by atoms with Crippen LogP contribution in [0.4, 0.5) is 0 Å². The topological polar surface area (TPSA) is 119 Å². The van der Waals surface area contributed by atoms with E-state index in [1.807, 2.05) is 0 Å². The molecule has 3 N–H and O–H groups in total. The molecule has 1 aliphatic rings. The minimum atomic E-state index is -1.14. The molecule has 0 bridgehead atoms. The molecule has 0 aliphatic heterocycles. The smallest absolute Gasteiger partial charge is 0.327 e. The van der Waals surface area contributed by atoms with Crippen LogP contribution in [0.25, 0.3) is 0 Å². The molecular formula is C13H19N3O4S. The maximum absolute atomic E-state index is 11.8. The Morgan fingerprint density at radius 3 is 2.52 bits per heavy atom. The number of hydrogen-bond acceptors (Lipinski definition) is 5.